The maximum Gasteiger partial charge on any atom is 0.259 e. The van der Waals surface area contributed by atoms with E-state index in [1.54, 1.807) is 24.7 Å². The molecule has 0 aliphatic carbocycles. The van der Waals surface area contributed by atoms with Gasteiger partial charge in [-0.25, -0.2) is 9.97 Å². The van der Waals surface area contributed by atoms with Crippen molar-refractivity contribution < 1.29 is 4.79 Å². The smallest absolute Gasteiger partial charge is 0.259 e. The number of nitrogens with zero attached hydrogens (tertiary/aromatic N) is 5. The molecule has 1 amide bonds. The van der Waals surface area contributed by atoms with E-state index in [1.807, 2.05) is 74.5 Å². The van der Waals surface area contributed by atoms with Gasteiger partial charge in [0.05, 0.1) is 23.4 Å². The molecule has 0 bridgehead atoms. The molecule has 0 fully saturated rings. The molecule has 1 aliphatic rings. The van der Waals surface area contributed by atoms with Gasteiger partial charge in [-0.05, 0) is 66.4 Å². The zero-order valence-corrected chi connectivity index (χ0v) is 22.4. The van der Waals surface area contributed by atoms with Crippen molar-refractivity contribution in [3.05, 3.63) is 102 Å². The van der Waals surface area contributed by atoms with Crippen molar-refractivity contribution in [2.45, 2.75) is 20.4 Å². The van der Waals surface area contributed by atoms with E-state index >= 15 is 0 Å². The van der Waals surface area contributed by atoms with Crippen molar-refractivity contribution in [2.75, 3.05) is 11.9 Å². The van der Waals surface area contributed by atoms with Gasteiger partial charge in [-0.2, -0.15) is 4.99 Å². The maximum absolute atomic E-state index is 13.6. The summed E-state index contributed by atoms with van der Waals surface area (Å²) in [7, 11) is 1.82. The van der Waals surface area contributed by atoms with Gasteiger partial charge in [-0.3, -0.25) is 9.78 Å². The van der Waals surface area contributed by atoms with Crippen molar-refractivity contribution >= 4 is 34.3 Å². The van der Waals surface area contributed by atoms with Crippen molar-refractivity contribution in [2.24, 2.45) is 10.7 Å². The number of carbonyl (C=O) groups excluding carboxylic acids is 1. The molecule has 9 nitrogen and oxygen atoms in total. The normalized spacial score (nSPS) is 13.7. The van der Waals surface area contributed by atoms with Crippen LogP contribution >= 0.6 is 0 Å². The number of benzene rings is 2. The second kappa shape index (κ2) is 10.1. The number of amides is 1. The Morgan fingerprint density at radius 2 is 1.95 bits per heavy atom. The van der Waals surface area contributed by atoms with Crippen molar-refractivity contribution in [1.29, 1.82) is 0 Å². The lowest BCUT2D eigenvalue weighted by atomic mass is 10.0. The third kappa shape index (κ3) is 4.47. The molecule has 0 saturated heterocycles. The number of nitrogens with two attached hydrogens (primary N) is 1. The molecule has 198 valence electrons. The highest BCUT2D eigenvalue weighted by Gasteiger charge is 2.30. The summed E-state index contributed by atoms with van der Waals surface area (Å²) >= 11 is 0. The molecule has 0 atom stereocenters. The lowest BCUT2D eigenvalue weighted by molar-refractivity contribution is 0.0997. The summed E-state index contributed by atoms with van der Waals surface area (Å²) in [5.41, 5.74) is 14.9. The first-order chi connectivity index (χ1) is 19.4. The van der Waals surface area contributed by atoms with E-state index in [-0.39, 0.29) is 11.9 Å². The molecule has 1 aliphatic heterocycles. The van der Waals surface area contributed by atoms with E-state index in [0.29, 0.717) is 17.9 Å². The minimum absolute atomic E-state index is 0.0233. The van der Waals surface area contributed by atoms with Gasteiger partial charge >= 0.3 is 0 Å². The van der Waals surface area contributed by atoms with Crippen molar-refractivity contribution in [1.82, 2.24) is 25.3 Å². The molecule has 40 heavy (non-hydrogen) atoms. The molecular weight excluding hydrogens is 500 g/mol. The highest BCUT2D eigenvalue weighted by atomic mass is 16.2. The summed E-state index contributed by atoms with van der Waals surface area (Å²) in [5.74, 6) is 0.561. The Hall–Kier alpha value is -5.31. The predicted molar refractivity (Wildman–Crippen MR) is 158 cm³/mol. The summed E-state index contributed by atoms with van der Waals surface area (Å²) in [5, 5.41) is 3.97. The quantitative estimate of drug-likeness (QED) is 0.204. The van der Waals surface area contributed by atoms with Gasteiger partial charge in [-0.15, -0.1) is 0 Å². The summed E-state index contributed by atoms with van der Waals surface area (Å²) in [4.78, 5) is 36.4. The number of pyridine rings is 1. The number of amidine groups is 1. The molecule has 6 rings (SSSR count). The largest absolute Gasteiger partial charge is 0.392 e. The number of aromatic amines is 1. The fourth-order valence-electron chi connectivity index (χ4n) is 4.98. The Balaban J connectivity index is 1.36. The van der Waals surface area contributed by atoms with Crippen LogP contribution in [0.1, 0.15) is 28.4 Å². The van der Waals surface area contributed by atoms with Crippen LogP contribution in [0.25, 0.3) is 33.3 Å². The first-order valence-corrected chi connectivity index (χ1v) is 12.9. The Labute approximate surface area is 231 Å². The molecular formula is C31H28N8O. The van der Waals surface area contributed by atoms with E-state index in [1.165, 1.54) is 0 Å². The van der Waals surface area contributed by atoms with Crippen LogP contribution < -0.4 is 16.0 Å². The van der Waals surface area contributed by atoms with Gasteiger partial charge in [0.25, 0.3) is 11.9 Å². The van der Waals surface area contributed by atoms with Crippen LogP contribution in [0.2, 0.25) is 0 Å². The molecule has 4 N–H and O–H groups in total. The van der Waals surface area contributed by atoms with Crippen LogP contribution in [0.15, 0.2) is 90.1 Å². The number of aromatic nitrogens is 4. The van der Waals surface area contributed by atoms with E-state index < -0.39 is 0 Å². The van der Waals surface area contributed by atoms with Crippen LogP contribution in [0, 0.1) is 6.92 Å². The second-order valence-electron chi connectivity index (χ2n) is 9.72. The van der Waals surface area contributed by atoms with Crippen LogP contribution in [0.5, 0.6) is 0 Å². The van der Waals surface area contributed by atoms with Crippen molar-refractivity contribution in [3.8, 4) is 22.4 Å². The SMILES string of the molecule is CN/C(C)=C\C(N)=N/c1ncc(C)c(-c2c[nH]c3c(N4Cc5ccc(-c6ccncc6)cc5C4=O)cccc23)n1. The average molecular weight is 529 g/mol. The number of hydrogen-bond donors (Lipinski definition) is 3. The highest BCUT2D eigenvalue weighted by Crippen LogP contribution is 2.38. The molecule has 0 radical (unpaired) electrons. The number of aryl methyl sites for hydroxylation is 1. The van der Waals surface area contributed by atoms with Gasteiger partial charge in [0.1, 0.15) is 5.84 Å². The maximum atomic E-state index is 13.6. The van der Waals surface area contributed by atoms with E-state index in [2.05, 4.69) is 31.3 Å². The molecule has 4 heterocycles. The third-order valence-electron chi connectivity index (χ3n) is 7.11. The summed E-state index contributed by atoms with van der Waals surface area (Å²) in [6.07, 6.45) is 8.90. The van der Waals surface area contributed by atoms with Crippen LogP contribution in [0.3, 0.4) is 0 Å². The number of fused-ring (bicyclic) bond motifs is 2. The number of aliphatic imine (C=N–C) groups is 1. The van der Waals surface area contributed by atoms with Gasteiger partial charge in [0.15, 0.2) is 0 Å². The third-order valence-corrected chi connectivity index (χ3v) is 7.11. The second-order valence-corrected chi connectivity index (χ2v) is 9.72. The zero-order valence-electron chi connectivity index (χ0n) is 22.4. The number of para-hydroxylation sites is 1. The van der Waals surface area contributed by atoms with Gasteiger partial charge in [0.2, 0.25) is 0 Å². The standard InChI is InChI=1S/C31H28N8O/c1-18-15-36-31(37-27(32)13-19(2)33-3)38-28(18)25-16-35-29-23(25)5-4-6-26(29)39-17-22-8-7-21(14-24(22)30(39)40)20-9-11-34-12-10-20/h4-16,33,35H,17H2,1-3H3,(H2,32,36,37,38)/b19-13-. The number of hydrogen-bond acceptors (Lipinski definition) is 6. The number of allylic oxidation sites excluding steroid dienone is 1. The fraction of sp³-hybridized carbons (Fsp3) is 0.129. The minimum atomic E-state index is -0.0233. The lowest BCUT2D eigenvalue weighted by Crippen LogP contribution is -2.23. The van der Waals surface area contributed by atoms with E-state index in [4.69, 9.17) is 10.7 Å². The predicted octanol–water partition coefficient (Wildman–Crippen LogP) is 5.27. The van der Waals surface area contributed by atoms with Gasteiger partial charge in [-0.1, -0.05) is 24.3 Å². The van der Waals surface area contributed by atoms with Crippen LogP contribution in [-0.2, 0) is 6.54 Å². The Morgan fingerprint density at radius 3 is 2.75 bits per heavy atom. The molecule has 0 unspecified atom stereocenters. The van der Waals surface area contributed by atoms with Crippen LogP contribution in [0.4, 0.5) is 11.6 Å². The Bertz CT molecular complexity index is 1820. The molecule has 5 aromatic rings. The number of anilines is 1. The number of rotatable bonds is 6. The lowest BCUT2D eigenvalue weighted by Gasteiger charge is -2.17. The van der Waals surface area contributed by atoms with E-state index in [9.17, 15) is 4.79 Å². The molecule has 3 aromatic heterocycles. The average Bonchev–Trinajstić information content (AvgIpc) is 3.55. The number of nitrogens with one attached hydrogen (secondary N) is 2. The van der Waals surface area contributed by atoms with E-state index in [0.717, 1.165) is 55.8 Å². The summed E-state index contributed by atoms with van der Waals surface area (Å²) < 4.78 is 0. The number of carbonyl (C=O) groups is 1. The minimum Gasteiger partial charge on any atom is -0.392 e. The van der Waals surface area contributed by atoms with Gasteiger partial charge in [0, 0.05) is 54.0 Å². The zero-order chi connectivity index (χ0) is 27.8. The van der Waals surface area contributed by atoms with Crippen LogP contribution in [-0.4, -0.2) is 38.7 Å². The first kappa shape index (κ1) is 25.0. The molecule has 0 saturated carbocycles. The number of H-pyrrole nitrogens is 1. The first-order valence-electron chi connectivity index (χ1n) is 12.9. The molecule has 2 aromatic carbocycles. The summed E-state index contributed by atoms with van der Waals surface area (Å²) in [6, 6.07) is 15.9. The Kier molecular flexibility index (Phi) is 6.31. The molecule has 0 spiro atoms. The van der Waals surface area contributed by atoms with Crippen molar-refractivity contribution in [3.63, 3.8) is 0 Å². The topological polar surface area (TPSA) is 125 Å². The summed E-state index contributed by atoms with van der Waals surface area (Å²) in [6.45, 7) is 4.36. The monoisotopic (exact) mass is 528 g/mol. The fourth-order valence-corrected chi connectivity index (χ4v) is 4.98. The highest BCUT2D eigenvalue weighted by molar-refractivity contribution is 6.15. The molecule has 9 heteroatoms. The Morgan fingerprint density at radius 1 is 1.12 bits per heavy atom. The van der Waals surface area contributed by atoms with Gasteiger partial charge < -0.3 is 20.9 Å².